The third-order valence-electron chi connectivity index (χ3n) is 6.43. The van der Waals surface area contributed by atoms with E-state index in [0.29, 0.717) is 30.2 Å². The highest BCUT2D eigenvalue weighted by Crippen LogP contribution is 2.33. The molecule has 9 heteroatoms. The van der Waals surface area contributed by atoms with Gasteiger partial charge in [0, 0.05) is 24.0 Å². The van der Waals surface area contributed by atoms with Gasteiger partial charge in [-0.15, -0.1) is 11.3 Å². The second-order valence-electron chi connectivity index (χ2n) is 8.99. The minimum Gasteiger partial charge on any atom is -0.493 e. The summed E-state index contributed by atoms with van der Waals surface area (Å²) in [6, 6.07) is 9.51. The van der Waals surface area contributed by atoms with E-state index in [0.717, 1.165) is 41.8 Å². The van der Waals surface area contributed by atoms with E-state index in [1.807, 2.05) is 42.6 Å². The van der Waals surface area contributed by atoms with Gasteiger partial charge in [-0.3, -0.25) is 4.79 Å². The molecule has 0 saturated carbocycles. The van der Waals surface area contributed by atoms with Crippen molar-refractivity contribution in [1.29, 1.82) is 0 Å². The van der Waals surface area contributed by atoms with E-state index < -0.39 is 5.97 Å². The number of rotatable bonds is 12. The topological polar surface area (TPSA) is 88.5 Å². The molecule has 2 aromatic carbocycles. The molecule has 1 aliphatic rings. The van der Waals surface area contributed by atoms with Gasteiger partial charge in [0.2, 0.25) is 5.91 Å². The highest BCUT2D eigenvalue weighted by Gasteiger charge is 2.19. The average molecular weight is 525 g/mol. The van der Waals surface area contributed by atoms with Crippen LogP contribution in [0.1, 0.15) is 23.1 Å². The minimum absolute atomic E-state index is 0.0707. The van der Waals surface area contributed by atoms with Gasteiger partial charge in [-0.2, -0.15) is 0 Å². The number of nitrogens with zero attached hydrogens (tertiary/aromatic N) is 2. The zero-order valence-corrected chi connectivity index (χ0v) is 22.2. The number of carboxylic acids is 1. The first kappa shape index (κ1) is 26.5. The summed E-state index contributed by atoms with van der Waals surface area (Å²) in [7, 11) is 5.30. The Morgan fingerprint density at radius 1 is 1.14 bits per heavy atom. The molecule has 0 atom stereocenters. The molecule has 2 heterocycles. The fourth-order valence-electron chi connectivity index (χ4n) is 4.39. The highest BCUT2D eigenvalue weighted by molar-refractivity contribution is 7.17. The summed E-state index contributed by atoms with van der Waals surface area (Å²) in [5.41, 5.74) is 3.17. The average Bonchev–Trinajstić information content (AvgIpc) is 3.23. The Bertz CT molecular complexity index is 1300. The van der Waals surface area contributed by atoms with Crippen LogP contribution < -0.4 is 14.2 Å². The summed E-state index contributed by atoms with van der Waals surface area (Å²) in [5.74, 6) is 0.930. The first-order valence-electron chi connectivity index (χ1n) is 12.1. The molecule has 0 fully saturated rings. The van der Waals surface area contributed by atoms with E-state index in [4.69, 9.17) is 19.3 Å². The predicted molar refractivity (Wildman–Crippen MR) is 145 cm³/mol. The van der Waals surface area contributed by atoms with Crippen LogP contribution in [-0.4, -0.2) is 74.3 Å². The lowest BCUT2D eigenvalue weighted by atomic mass is 10.0. The number of likely N-dealkylation sites (N-methyl/N-ethyl adjacent to an activating group) is 1. The van der Waals surface area contributed by atoms with E-state index in [1.54, 1.807) is 30.5 Å². The van der Waals surface area contributed by atoms with Gasteiger partial charge < -0.3 is 29.1 Å². The molecule has 1 aliphatic heterocycles. The largest absolute Gasteiger partial charge is 0.493 e. The smallest absolute Gasteiger partial charge is 0.341 e. The second-order valence-corrected chi connectivity index (χ2v) is 9.91. The van der Waals surface area contributed by atoms with Crippen LogP contribution in [-0.2, 0) is 22.4 Å². The lowest BCUT2D eigenvalue weighted by molar-refractivity contribution is -0.139. The lowest BCUT2D eigenvalue weighted by Gasteiger charge is -2.20. The Labute approximate surface area is 220 Å². The van der Waals surface area contributed by atoms with Gasteiger partial charge in [-0.1, -0.05) is 0 Å². The molecule has 37 heavy (non-hydrogen) atoms. The van der Waals surface area contributed by atoms with E-state index in [1.165, 1.54) is 10.9 Å². The summed E-state index contributed by atoms with van der Waals surface area (Å²) in [6.45, 7) is 2.09. The van der Waals surface area contributed by atoms with E-state index in [2.05, 4.69) is 17.3 Å². The van der Waals surface area contributed by atoms with Gasteiger partial charge in [-0.25, -0.2) is 4.79 Å². The van der Waals surface area contributed by atoms with Crippen LogP contribution in [0.4, 0.5) is 0 Å². The van der Waals surface area contributed by atoms with Gasteiger partial charge in [0.15, 0.2) is 18.1 Å². The van der Waals surface area contributed by atoms with Crippen LogP contribution in [0.15, 0.2) is 41.9 Å². The lowest BCUT2D eigenvalue weighted by Crippen LogP contribution is -2.30. The van der Waals surface area contributed by atoms with E-state index in [9.17, 15) is 9.59 Å². The molecule has 3 aromatic rings. The normalized spacial score (nSPS) is 13.1. The Kier molecular flexibility index (Phi) is 8.68. The Morgan fingerprint density at radius 2 is 1.92 bits per heavy atom. The molecule has 1 aromatic heterocycles. The van der Waals surface area contributed by atoms with Crippen molar-refractivity contribution in [2.75, 3.05) is 47.5 Å². The van der Waals surface area contributed by atoms with Gasteiger partial charge in [0.1, 0.15) is 5.75 Å². The molecule has 0 saturated heterocycles. The monoisotopic (exact) mass is 524 g/mol. The zero-order valence-electron chi connectivity index (χ0n) is 21.4. The number of benzene rings is 2. The first-order valence-corrected chi connectivity index (χ1v) is 13.0. The molecular weight excluding hydrogens is 492 g/mol. The quantitative estimate of drug-likeness (QED) is 0.378. The van der Waals surface area contributed by atoms with Crippen LogP contribution in [0.5, 0.6) is 17.2 Å². The summed E-state index contributed by atoms with van der Waals surface area (Å²) >= 11 is 1.64. The molecule has 196 valence electrons. The number of methoxy groups -OCH3 is 2. The van der Waals surface area contributed by atoms with E-state index >= 15 is 0 Å². The van der Waals surface area contributed by atoms with Crippen molar-refractivity contribution in [1.82, 2.24) is 9.80 Å². The SMILES string of the molecule is COc1cc2c(cc1OC)CC(=O)N(CCCN(C)CCc1csc3cc(OCC(=O)O)ccc13)C=C2. The minimum atomic E-state index is -0.988. The van der Waals surface area contributed by atoms with Crippen molar-refractivity contribution >= 4 is 39.4 Å². The number of carbonyl (C=O) groups excluding carboxylic acids is 1. The molecule has 0 aliphatic carbocycles. The highest BCUT2D eigenvalue weighted by atomic mass is 32.1. The number of thiophene rings is 1. The van der Waals surface area contributed by atoms with Crippen molar-refractivity contribution in [2.24, 2.45) is 0 Å². The van der Waals surface area contributed by atoms with Crippen molar-refractivity contribution in [3.63, 3.8) is 0 Å². The fraction of sp³-hybridized carbons (Fsp3) is 0.357. The summed E-state index contributed by atoms with van der Waals surface area (Å²) in [4.78, 5) is 27.7. The maximum atomic E-state index is 12.9. The Morgan fingerprint density at radius 3 is 2.68 bits per heavy atom. The van der Waals surface area contributed by atoms with Crippen LogP contribution in [0, 0.1) is 0 Å². The number of hydrogen-bond donors (Lipinski definition) is 1. The van der Waals surface area contributed by atoms with Crippen LogP contribution in [0.3, 0.4) is 0 Å². The van der Waals surface area contributed by atoms with Crippen molar-refractivity contribution in [3.8, 4) is 17.2 Å². The van der Waals surface area contributed by atoms with Crippen LogP contribution in [0.25, 0.3) is 16.2 Å². The van der Waals surface area contributed by atoms with Crippen molar-refractivity contribution in [3.05, 3.63) is 58.6 Å². The molecule has 1 amide bonds. The molecule has 0 spiro atoms. The van der Waals surface area contributed by atoms with E-state index in [-0.39, 0.29) is 12.5 Å². The third kappa shape index (κ3) is 6.61. The Hall–Kier alpha value is -3.56. The number of fused-ring (bicyclic) bond motifs is 2. The van der Waals surface area contributed by atoms with Crippen molar-refractivity contribution in [2.45, 2.75) is 19.3 Å². The van der Waals surface area contributed by atoms with Gasteiger partial charge >= 0.3 is 5.97 Å². The van der Waals surface area contributed by atoms with Crippen LogP contribution in [0.2, 0.25) is 0 Å². The number of carboxylic acid groups (broad SMARTS) is 1. The van der Waals surface area contributed by atoms with Crippen LogP contribution >= 0.6 is 11.3 Å². The molecule has 0 unspecified atom stereocenters. The third-order valence-corrected chi connectivity index (χ3v) is 7.43. The maximum Gasteiger partial charge on any atom is 0.341 e. The standard InChI is InChI=1S/C28H32N2O6S/c1-29(11-7-20-18-37-26-16-22(5-6-23(20)26)36-17-28(32)33)9-4-10-30-12-8-19-13-24(34-2)25(35-3)14-21(19)15-27(30)31/h5-6,8,12-14,16,18H,4,7,9-11,15,17H2,1-3H3,(H,32,33). The molecule has 0 bridgehead atoms. The summed E-state index contributed by atoms with van der Waals surface area (Å²) < 4.78 is 17.2. The number of carbonyl (C=O) groups is 2. The first-order chi connectivity index (χ1) is 17.9. The number of ether oxygens (including phenoxy) is 3. The molecule has 8 nitrogen and oxygen atoms in total. The van der Waals surface area contributed by atoms with Gasteiger partial charge in [0.05, 0.1) is 20.6 Å². The number of amides is 1. The van der Waals surface area contributed by atoms with Crippen molar-refractivity contribution < 1.29 is 28.9 Å². The maximum absolute atomic E-state index is 12.9. The number of hydrogen-bond acceptors (Lipinski definition) is 7. The molecular formula is C28H32N2O6S. The fourth-order valence-corrected chi connectivity index (χ4v) is 5.41. The summed E-state index contributed by atoms with van der Waals surface area (Å²) in [5, 5.41) is 12.1. The predicted octanol–water partition coefficient (Wildman–Crippen LogP) is 4.30. The van der Waals surface area contributed by atoms with Gasteiger partial charge in [0.25, 0.3) is 0 Å². The summed E-state index contributed by atoms with van der Waals surface area (Å²) in [6.07, 6.45) is 5.93. The molecule has 4 rings (SSSR count). The Balaban J connectivity index is 1.27. The molecule has 0 radical (unpaired) electrons. The van der Waals surface area contributed by atoms with Gasteiger partial charge in [-0.05, 0) is 90.3 Å². The number of aliphatic carboxylic acids is 1. The second kappa shape index (κ2) is 12.1. The molecule has 1 N–H and O–H groups in total. The zero-order chi connectivity index (χ0) is 26.4.